The maximum atomic E-state index is 13.1. The Labute approximate surface area is 264 Å². The van der Waals surface area contributed by atoms with Crippen molar-refractivity contribution in [2.24, 2.45) is 17.8 Å². The molecule has 4 saturated carbocycles. The maximum Gasteiger partial charge on any atom is 0.261 e. The van der Waals surface area contributed by atoms with Gasteiger partial charge in [-0.3, -0.25) is 13.8 Å². The van der Waals surface area contributed by atoms with Crippen LogP contribution in [-0.2, 0) is 30.3 Å². The number of amides is 1. The van der Waals surface area contributed by atoms with Gasteiger partial charge in [-0.2, -0.15) is 0 Å². The van der Waals surface area contributed by atoms with Crippen LogP contribution in [0.3, 0.4) is 0 Å². The molecule has 4 fully saturated rings. The van der Waals surface area contributed by atoms with Crippen LogP contribution in [0.5, 0.6) is 0 Å². The summed E-state index contributed by atoms with van der Waals surface area (Å²) in [6.45, 7) is -0.405. The van der Waals surface area contributed by atoms with E-state index in [9.17, 15) is 21.6 Å². The minimum Gasteiger partial charge on any atom is -0.325 e. The summed E-state index contributed by atoms with van der Waals surface area (Å²) in [5.74, 6) is 1.89. The molecule has 4 aromatic carbocycles. The average Bonchev–Trinajstić information content (AvgIpc) is 2.99. The summed E-state index contributed by atoms with van der Waals surface area (Å²) in [6.07, 6.45) is 8.82. The van der Waals surface area contributed by atoms with Crippen LogP contribution in [0.25, 0.3) is 10.8 Å². The van der Waals surface area contributed by atoms with Crippen molar-refractivity contribution in [2.45, 2.75) is 48.8 Å². The second kappa shape index (κ2) is 11.2. The van der Waals surface area contributed by atoms with E-state index in [0.717, 1.165) is 39.1 Å². The predicted octanol–water partition coefficient (Wildman–Crippen LogP) is 6.51. The third-order valence-corrected chi connectivity index (χ3v) is 12.5. The number of nitrogens with zero attached hydrogens (tertiary/aromatic N) is 1. The van der Waals surface area contributed by atoms with Gasteiger partial charge in [-0.15, -0.1) is 0 Å². The Hall–Kier alpha value is -3.89. The quantitative estimate of drug-likeness (QED) is 0.216. The molecule has 4 aliphatic carbocycles. The summed E-state index contributed by atoms with van der Waals surface area (Å²) in [4.78, 5) is 13.1. The number of benzene rings is 4. The first kappa shape index (κ1) is 29.8. The monoisotopic (exact) mass is 643 g/mol. The van der Waals surface area contributed by atoms with Gasteiger partial charge in [-0.1, -0.05) is 48.5 Å². The molecular weight excluding hydrogens is 607 g/mol. The zero-order chi connectivity index (χ0) is 31.4. The first-order valence-corrected chi connectivity index (χ1v) is 18.8. The lowest BCUT2D eigenvalue weighted by atomic mass is 9.48. The van der Waals surface area contributed by atoms with Crippen molar-refractivity contribution in [1.29, 1.82) is 0 Å². The maximum absolute atomic E-state index is 13.1. The Morgan fingerprint density at radius 2 is 1.38 bits per heavy atom. The van der Waals surface area contributed by atoms with Gasteiger partial charge in [0.25, 0.3) is 10.0 Å². The van der Waals surface area contributed by atoms with Gasteiger partial charge < -0.3 is 5.32 Å². The standard InChI is InChI=1S/C35H37N3O5S2/c1-44(40,41)38(30-13-9-28(10-14-30)35-20-24-17-25(21-35)19-26(18-24)22-35)23-34(39)36-29-11-15-31(16-12-29)45(42,43)37-33-8-4-6-27-5-2-3-7-32(27)33/h2-16,24-26,37H,17-23H2,1H3,(H,36,39). The molecule has 1 amide bonds. The van der Waals surface area contributed by atoms with E-state index in [0.29, 0.717) is 17.1 Å². The number of carbonyl (C=O) groups is 1. The second-order valence-corrected chi connectivity index (χ2v) is 16.8. The van der Waals surface area contributed by atoms with E-state index >= 15 is 0 Å². The average molecular weight is 644 g/mol. The minimum absolute atomic E-state index is 0.0327. The number of fused-ring (bicyclic) bond motifs is 1. The fourth-order valence-electron chi connectivity index (χ4n) is 8.41. The number of hydrogen-bond donors (Lipinski definition) is 2. The van der Waals surface area contributed by atoms with Gasteiger partial charge >= 0.3 is 0 Å². The van der Waals surface area contributed by atoms with Crippen LogP contribution >= 0.6 is 0 Å². The molecule has 45 heavy (non-hydrogen) atoms. The highest BCUT2D eigenvalue weighted by Crippen LogP contribution is 2.60. The predicted molar refractivity (Wildman–Crippen MR) is 178 cm³/mol. The van der Waals surface area contributed by atoms with Crippen LogP contribution in [-0.4, -0.2) is 35.5 Å². The van der Waals surface area contributed by atoms with E-state index in [1.165, 1.54) is 68.4 Å². The molecule has 4 aromatic rings. The molecule has 2 N–H and O–H groups in total. The summed E-state index contributed by atoms with van der Waals surface area (Å²) in [5, 5.41) is 4.40. The lowest BCUT2D eigenvalue weighted by Gasteiger charge is -2.57. The Balaban J connectivity index is 1.03. The van der Waals surface area contributed by atoms with Crippen LogP contribution < -0.4 is 14.3 Å². The van der Waals surface area contributed by atoms with Crippen molar-refractivity contribution in [3.63, 3.8) is 0 Å². The zero-order valence-corrected chi connectivity index (χ0v) is 26.8. The molecule has 0 atom stereocenters. The first-order valence-electron chi connectivity index (χ1n) is 15.5. The van der Waals surface area contributed by atoms with Gasteiger partial charge in [-0.05, 0) is 115 Å². The lowest BCUT2D eigenvalue weighted by molar-refractivity contribution is -0.114. The summed E-state index contributed by atoms with van der Waals surface area (Å²) >= 11 is 0. The topological polar surface area (TPSA) is 113 Å². The van der Waals surface area contributed by atoms with E-state index < -0.39 is 32.5 Å². The van der Waals surface area contributed by atoms with E-state index in [2.05, 4.69) is 22.2 Å². The van der Waals surface area contributed by atoms with E-state index in [1.54, 1.807) is 12.1 Å². The van der Waals surface area contributed by atoms with Crippen molar-refractivity contribution < 1.29 is 21.6 Å². The molecular formula is C35H37N3O5S2. The molecule has 8 rings (SSSR count). The Kier molecular flexibility index (Phi) is 7.40. The smallest absolute Gasteiger partial charge is 0.261 e. The summed E-state index contributed by atoms with van der Waals surface area (Å²) in [7, 11) is -7.64. The van der Waals surface area contributed by atoms with Gasteiger partial charge in [0.2, 0.25) is 15.9 Å². The lowest BCUT2D eigenvalue weighted by Crippen LogP contribution is -2.48. The number of anilines is 3. The largest absolute Gasteiger partial charge is 0.325 e. The summed E-state index contributed by atoms with van der Waals surface area (Å²) in [6, 6.07) is 26.5. The molecule has 0 saturated heterocycles. The highest BCUT2D eigenvalue weighted by Gasteiger charge is 2.51. The normalized spacial score (nSPS) is 24.0. The number of sulfonamides is 2. The van der Waals surface area contributed by atoms with Gasteiger partial charge in [-0.25, -0.2) is 16.8 Å². The second-order valence-electron chi connectivity index (χ2n) is 13.2. The van der Waals surface area contributed by atoms with Crippen molar-refractivity contribution in [3.8, 4) is 0 Å². The molecule has 0 unspecified atom stereocenters. The zero-order valence-electron chi connectivity index (χ0n) is 25.1. The van der Waals surface area contributed by atoms with Crippen LogP contribution in [0.2, 0.25) is 0 Å². The first-order chi connectivity index (χ1) is 21.5. The molecule has 0 aromatic heterocycles. The SMILES string of the molecule is CS(=O)(=O)N(CC(=O)Nc1ccc(S(=O)(=O)Nc2cccc3ccccc23)cc1)c1ccc(C23CC4CC(CC(C4)C2)C3)cc1. The summed E-state index contributed by atoms with van der Waals surface area (Å²) in [5.41, 5.74) is 2.76. The highest BCUT2D eigenvalue weighted by molar-refractivity contribution is 7.92. The van der Waals surface area contributed by atoms with Crippen LogP contribution in [0, 0.1) is 17.8 Å². The van der Waals surface area contributed by atoms with E-state index in [4.69, 9.17) is 0 Å². The third-order valence-electron chi connectivity index (χ3n) is 9.98. The van der Waals surface area contributed by atoms with Crippen LogP contribution in [0.15, 0.2) is 95.9 Å². The molecule has 0 aliphatic heterocycles. The van der Waals surface area contributed by atoms with Gasteiger partial charge in [0, 0.05) is 11.1 Å². The number of rotatable bonds is 9. The molecule has 4 bridgehead atoms. The highest BCUT2D eigenvalue weighted by atomic mass is 32.2. The van der Waals surface area contributed by atoms with Crippen LogP contribution in [0.4, 0.5) is 17.1 Å². The van der Waals surface area contributed by atoms with Gasteiger partial charge in [0.05, 0.1) is 22.5 Å². The van der Waals surface area contributed by atoms with Gasteiger partial charge in [0.15, 0.2) is 0 Å². The van der Waals surface area contributed by atoms with Crippen molar-refractivity contribution >= 4 is 53.8 Å². The molecule has 0 spiro atoms. The van der Waals surface area contributed by atoms with Gasteiger partial charge in [0.1, 0.15) is 6.54 Å². The van der Waals surface area contributed by atoms with Crippen LogP contribution in [0.1, 0.15) is 44.1 Å². The molecule has 0 radical (unpaired) electrons. The third kappa shape index (κ3) is 5.93. The Morgan fingerprint density at radius 1 is 0.778 bits per heavy atom. The molecule has 234 valence electrons. The number of hydrogen-bond acceptors (Lipinski definition) is 5. The Bertz CT molecular complexity index is 1930. The van der Waals surface area contributed by atoms with Crippen molar-refractivity contribution in [2.75, 3.05) is 27.1 Å². The molecule has 0 heterocycles. The van der Waals surface area contributed by atoms with Crippen molar-refractivity contribution in [3.05, 3.63) is 96.6 Å². The fraction of sp³-hybridized carbons (Fsp3) is 0.343. The number of nitrogens with one attached hydrogen (secondary N) is 2. The minimum atomic E-state index is -3.89. The fourth-order valence-corrected chi connectivity index (χ4v) is 10.3. The molecule has 10 heteroatoms. The molecule has 4 aliphatic rings. The summed E-state index contributed by atoms with van der Waals surface area (Å²) < 4.78 is 55.6. The number of carbonyl (C=O) groups excluding carboxylic acids is 1. The van der Waals surface area contributed by atoms with Crippen molar-refractivity contribution in [1.82, 2.24) is 0 Å². The van der Waals surface area contributed by atoms with E-state index in [1.807, 2.05) is 42.5 Å². The molecule has 8 nitrogen and oxygen atoms in total. The Morgan fingerprint density at radius 3 is 2.00 bits per heavy atom. The van der Waals surface area contributed by atoms with E-state index in [-0.39, 0.29) is 10.3 Å².